The smallest absolute Gasteiger partial charge is 0.294 e. The van der Waals surface area contributed by atoms with Crippen molar-refractivity contribution in [3.05, 3.63) is 66.2 Å². The summed E-state index contributed by atoms with van der Waals surface area (Å²) in [6.07, 6.45) is 0. The van der Waals surface area contributed by atoms with E-state index in [1.54, 1.807) is 50.2 Å². The number of ether oxygens (including phenoxy) is 1. The number of anilines is 2. The minimum absolute atomic E-state index is 0.0345. The number of aromatic hydroxyl groups is 1. The lowest BCUT2D eigenvalue weighted by Gasteiger charge is -2.19. The van der Waals surface area contributed by atoms with Crippen LogP contribution in [0.25, 0.3) is 10.8 Å². The number of methoxy groups -OCH3 is 1. The molecule has 0 aromatic heterocycles. The van der Waals surface area contributed by atoms with Gasteiger partial charge in [-0.2, -0.15) is 12.7 Å². The number of nitrogens with one attached hydrogen (secondary N) is 1. The number of nitrogens with zero attached hydrogens (tertiary/aromatic N) is 5. The molecule has 0 atom stereocenters. The molecule has 0 radical (unpaired) electrons. The topological polar surface area (TPSA) is 209 Å². The van der Waals surface area contributed by atoms with Crippen LogP contribution in [0.3, 0.4) is 0 Å². The second kappa shape index (κ2) is 12.9. The fourth-order valence-corrected chi connectivity index (χ4v) is 6.49. The molecule has 4 rings (SSSR count). The number of rotatable bonds is 11. The van der Waals surface area contributed by atoms with Gasteiger partial charge in [-0.25, -0.2) is 8.42 Å². The van der Waals surface area contributed by atoms with E-state index in [1.165, 1.54) is 23.5 Å². The Kier molecular flexibility index (Phi) is 9.48. The fraction of sp³-hybridized carbons (Fsp3) is 0.214. The highest BCUT2D eigenvalue weighted by atomic mass is 32.2. The van der Waals surface area contributed by atoms with E-state index in [-0.39, 0.29) is 32.8 Å². The minimum atomic E-state index is -4.56. The maximum Gasteiger partial charge on any atom is 0.294 e. The summed E-state index contributed by atoms with van der Waals surface area (Å²) in [6, 6.07) is 14.9. The Labute approximate surface area is 254 Å². The van der Waals surface area contributed by atoms with Crippen molar-refractivity contribution < 1.29 is 31.2 Å². The summed E-state index contributed by atoms with van der Waals surface area (Å²) in [7, 11) is -6.68. The number of hydrogen-bond acceptors (Lipinski definition) is 11. The number of sulfonamides is 1. The van der Waals surface area contributed by atoms with Crippen molar-refractivity contribution in [1.82, 2.24) is 4.31 Å². The van der Waals surface area contributed by atoms with Crippen LogP contribution in [0.5, 0.6) is 11.5 Å². The van der Waals surface area contributed by atoms with Gasteiger partial charge in [-0.05, 0) is 66.4 Å². The maximum atomic E-state index is 12.8. The van der Waals surface area contributed by atoms with Crippen LogP contribution in [0, 0.1) is 6.92 Å². The van der Waals surface area contributed by atoms with Crippen molar-refractivity contribution in [2.45, 2.75) is 30.6 Å². The Morgan fingerprint density at radius 2 is 1.52 bits per heavy atom. The Morgan fingerprint density at radius 3 is 2.11 bits per heavy atom. The summed E-state index contributed by atoms with van der Waals surface area (Å²) in [5.41, 5.74) is 2.39. The van der Waals surface area contributed by atoms with Crippen molar-refractivity contribution in [1.29, 1.82) is 0 Å². The number of aryl methyl sites for hydroxylation is 1. The Hall–Kier alpha value is -4.64. The van der Waals surface area contributed by atoms with Crippen LogP contribution in [0.1, 0.15) is 19.4 Å². The molecular weight excluding hydrogens is 610 g/mol. The van der Waals surface area contributed by atoms with E-state index in [2.05, 4.69) is 25.9 Å². The molecule has 0 amide bonds. The molecule has 0 saturated heterocycles. The first-order chi connectivity index (χ1) is 20.8. The molecule has 0 fully saturated rings. The standard InChI is InChI=1S/C28H31N7O7S2/c1-5-35(6-2)43(37,38)20-10-8-19(9-11-20)30-23-16-26(42-4)24(13-17(23)3)32-31-22-12-7-18-14-21(44(39,40)41)15-25(33-34-29)27(18)28(22)36/h7-16,30,36H,5-6H2,1-4H3,(H2,29,33)(H,39,40,41)/b32-31+. The molecule has 0 aliphatic rings. The third-order valence-corrected chi connectivity index (χ3v) is 9.65. The van der Waals surface area contributed by atoms with Gasteiger partial charge in [-0.15, -0.1) is 15.3 Å². The number of benzene rings is 4. The quantitative estimate of drug-likeness (QED) is 0.0630. The summed E-state index contributed by atoms with van der Waals surface area (Å²) >= 11 is 0. The van der Waals surface area contributed by atoms with E-state index in [4.69, 9.17) is 10.6 Å². The van der Waals surface area contributed by atoms with Crippen molar-refractivity contribution in [3.63, 3.8) is 0 Å². The van der Waals surface area contributed by atoms with E-state index >= 15 is 0 Å². The molecule has 0 bridgehead atoms. The average Bonchev–Trinajstić information content (AvgIpc) is 2.98. The normalized spacial score (nSPS) is 12.5. The summed E-state index contributed by atoms with van der Waals surface area (Å²) in [4.78, 5) is -0.249. The first kappa shape index (κ1) is 32.3. The number of fused-ring (bicyclic) bond motifs is 1. The van der Waals surface area contributed by atoms with Crippen LogP contribution < -0.4 is 15.9 Å². The summed E-state index contributed by atoms with van der Waals surface area (Å²) in [6.45, 7) is 6.17. The first-order valence-electron chi connectivity index (χ1n) is 13.2. The molecule has 0 spiro atoms. The van der Waals surface area contributed by atoms with Gasteiger partial charge in [0, 0.05) is 30.5 Å². The first-order valence-corrected chi connectivity index (χ1v) is 16.1. The van der Waals surface area contributed by atoms with Gasteiger partial charge in [0.05, 0.1) is 22.3 Å². The molecule has 4 aromatic rings. The van der Waals surface area contributed by atoms with Crippen LogP contribution >= 0.6 is 0 Å². The van der Waals surface area contributed by atoms with Crippen molar-refractivity contribution >= 4 is 59.4 Å². The van der Waals surface area contributed by atoms with Crippen molar-refractivity contribution in [2.24, 2.45) is 26.4 Å². The summed E-state index contributed by atoms with van der Waals surface area (Å²) < 4.78 is 65.3. The molecule has 0 heterocycles. The van der Waals surface area contributed by atoms with Gasteiger partial charge >= 0.3 is 0 Å². The molecule has 44 heavy (non-hydrogen) atoms. The number of azo groups is 1. The molecule has 0 aliphatic heterocycles. The van der Waals surface area contributed by atoms with Crippen molar-refractivity contribution in [2.75, 3.05) is 25.5 Å². The predicted octanol–water partition coefficient (Wildman–Crippen LogP) is 6.26. The van der Waals surface area contributed by atoms with Crippen LogP contribution in [0.15, 0.2) is 91.0 Å². The second-order valence-electron chi connectivity index (χ2n) is 9.44. The van der Waals surface area contributed by atoms with Crippen LogP contribution in [-0.4, -0.2) is 51.0 Å². The summed E-state index contributed by atoms with van der Waals surface area (Å²) in [5.74, 6) is 5.16. The number of nitrogens with two attached hydrogens (primary N) is 1. The largest absolute Gasteiger partial charge is 0.505 e. The van der Waals surface area contributed by atoms with E-state index in [0.29, 0.717) is 35.9 Å². The lowest BCUT2D eigenvalue weighted by Crippen LogP contribution is -2.30. The lowest BCUT2D eigenvalue weighted by atomic mass is 10.1. The zero-order chi connectivity index (χ0) is 32.2. The summed E-state index contributed by atoms with van der Waals surface area (Å²) in [5, 5.41) is 29.8. The molecule has 232 valence electrons. The molecule has 0 saturated carbocycles. The van der Waals surface area contributed by atoms with E-state index in [0.717, 1.165) is 17.7 Å². The number of phenols is 1. The highest BCUT2D eigenvalue weighted by molar-refractivity contribution is 7.89. The van der Waals surface area contributed by atoms with Gasteiger partial charge in [0.1, 0.15) is 22.8 Å². The van der Waals surface area contributed by atoms with E-state index < -0.39 is 25.0 Å². The third kappa shape index (κ3) is 6.62. The van der Waals surface area contributed by atoms with Gasteiger partial charge in [0.25, 0.3) is 10.1 Å². The Bertz CT molecular complexity index is 1980. The molecule has 16 heteroatoms. The molecule has 0 unspecified atom stereocenters. The van der Waals surface area contributed by atoms with Gasteiger partial charge in [0.15, 0.2) is 5.75 Å². The Morgan fingerprint density at radius 1 is 0.864 bits per heavy atom. The molecule has 0 aliphatic carbocycles. The van der Waals surface area contributed by atoms with Crippen LogP contribution in [0.2, 0.25) is 0 Å². The molecule has 14 nitrogen and oxygen atoms in total. The number of hydrogen-bond donors (Lipinski definition) is 4. The van der Waals surface area contributed by atoms with Crippen LogP contribution in [-0.2, 0) is 20.1 Å². The second-order valence-corrected chi connectivity index (χ2v) is 12.8. The highest BCUT2D eigenvalue weighted by Gasteiger charge is 2.21. The van der Waals surface area contributed by atoms with Gasteiger partial charge in [0.2, 0.25) is 10.0 Å². The third-order valence-electron chi connectivity index (χ3n) is 6.75. The van der Waals surface area contributed by atoms with Gasteiger partial charge in [-0.3, -0.25) is 4.55 Å². The Balaban J connectivity index is 1.65. The molecule has 4 aromatic carbocycles. The van der Waals surface area contributed by atoms with Gasteiger partial charge in [-0.1, -0.05) is 25.1 Å². The van der Waals surface area contributed by atoms with E-state index in [1.807, 2.05) is 6.92 Å². The van der Waals surface area contributed by atoms with E-state index in [9.17, 15) is 26.5 Å². The highest BCUT2D eigenvalue weighted by Crippen LogP contribution is 2.43. The monoisotopic (exact) mass is 641 g/mol. The predicted molar refractivity (Wildman–Crippen MR) is 166 cm³/mol. The SMILES string of the molecule is CCN(CC)S(=O)(=O)c1ccc(Nc2cc(OC)c(/N=N/c3ccc4cc(S(=O)(=O)O)cc(N=NN)c4c3O)cc2C)cc1. The van der Waals surface area contributed by atoms with Crippen LogP contribution in [0.4, 0.5) is 28.4 Å². The fourth-order valence-electron chi connectivity index (χ4n) is 4.49. The zero-order valence-electron chi connectivity index (χ0n) is 24.3. The average molecular weight is 642 g/mol. The lowest BCUT2D eigenvalue weighted by molar-refractivity contribution is 0.416. The minimum Gasteiger partial charge on any atom is -0.505 e. The van der Waals surface area contributed by atoms with Gasteiger partial charge < -0.3 is 21.0 Å². The maximum absolute atomic E-state index is 12.8. The molecule has 5 N–H and O–H groups in total. The molecular formula is C28H31N7O7S2. The van der Waals surface area contributed by atoms with Crippen molar-refractivity contribution in [3.8, 4) is 11.5 Å². The zero-order valence-corrected chi connectivity index (χ0v) is 25.9. The number of phenolic OH excluding ortho intramolecular Hbond substituents is 1.